The lowest BCUT2D eigenvalue weighted by Crippen LogP contribution is -2.37. The van der Waals surface area contributed by atoms with E-state index in [1.165, 1.54) is 13.0 Å². The van der Waals surface area contributed by atoms with Crippen molar-refractivity contribution in [3.8, 4) is 0 Å². The van der Waals surface area contributed by atoms with Crippen LogP contribution in [0.4, 0.5) is 0 Å². The minimum atomic E-state index is -0.461. The topological polar surface area (TPSA) is 46.2 Å². The smallest absolute Gasteiger partial charge is 0.217 e. The van der Waals surface area contributed by atoms with Gasteiger partial charge in [0.2, 0.25) is 5.91 Å². The van der Waals surface area contributed by atoms with Crippen LogP contribution in [-0.4, -0.2) is 17.7 Å². The van der Waals surface area contributed by atoms with Gasteiger partial charge in [0.15, 0.2) is 5.78 Å². The van der Waals surface area contributed by atoms with Gasteiger partial charge in [-0.2, -0.15) is 0 Å². The normalized spacial score (nSPS) is 21.9. The molecule has 0 fully saturated rings. The van der Waals surface area contributed by atoms with Crippen molar-refractivity contribution in [2.45, 2.75) is 13.0 Å². The van der Waals surface area contributed by atoms with Crippen molar-refractivity contribution in [2.75, 3.05) is 0 Å². The van der Waals surface area contributed by atoms with E-state index in [9.17, 15) is 9.59 Å². The molecule has 0 bridgehead atoms. The number of nitrogens with one attached hydrogen (secondary N) is 1. The third-order valence-corrected chi connectivity index (χ3v) is 1.34. The van der Waals surface area contributed by atoms with Gasteiger partial charge >= 0.3 is 0 Å². The number of hydrogen-bond acceptors (Lipinski definition) is 2. The number of rotatable bonds is 1. The van der Waals surface area contributed by atoms with Gasteiger partial charge in [-0.1, -0.05) is 18.2 Å². The largest absolute Gasteiger partial charge is 0.343 e. The fourth-order valence-electron chi connectivity index (χ4n) is 0.862. The molecule has 1 unspecified atom stereocenters. The molecule has 3 heteroatoms. The molecule has 1 aliphatic rings. The Hall–Kier alpha value is -1.38. The summed E-state index contributed by atoms with van der Waals surface area (Å²) in [4.78, 5) is 21.5. The van der Waals surface area contributed by atoms with E-state index in [4.69, 9.17) is 0 Å². The Morgan fingerprint density at radius 1 is 1.55 bits per heavy atom. The van der Waals surface area contributed by atoms with Gasteiger partial charge in [0.05, 0.1) is 0 Å². The van der Waals surface area contributed by atoms with Crippen LogP contribution < -0.4 is 5.32 Å². The molecule has 1 rings (SSSR count). The van der Waals surface area contributed by atoms with Crippen molar-refractivity contribution in [1.29, 1.82) is 0 Å². The van der Waals surface area contributed by atoms with E-state index in [0.29, 0.717) is 0 Å². The summed E-state index contributed by atoms with van der Waals surface area (Å²) in [5, 5.41) is 2.50. The van der Waals surface area contributed by atoms with Crippen LogP contribution in [0.25, 0.3) is 0 Å². The van der Waals surface area contributed by atoms with Gasteiger partial charge in [0, 0.05) is 6.92 Å². The molecule has 11 heavy (non-hydrogen) atoms. The number of carbonyl (C=O) groups excluding carboxylic acids is 2. The summed E-state index contributed by atoms with van der Waals surface area (Å²) < 4.78 is 0. The molecule has 0 spiro atoms. The van der Waals surface area contributed by atoms with Crippen molar-refractivity contribution in [3.63, 3.8) is 0 Å². The summed E-state index contributed by atoms with van der Waals surface area (Å²) in [7, 11) is 0. The summed E-state index contributed by atoms with van der Waals surface area (Å²) in [5.74, 6) is -0.272. The molecule has 0 heterocycles. The molecule has 1 aliphatic carbocycles. The lowest BCUT2D eigenvalue weighted by atomic mass is 10.1. The highest BCUT2D eigenvalue weighted by molar-refractivity contribution is 5.99. The highest BCUT2D eigenvalue weighted by Gasteiger charge is 2.14. The number of amides is 1. The average Bonchev–Trinajstić information content (AvgIpc) is 1.93. The standard InChI is InChI=1S/C8H9NO2/c1-6(10)9-7-4-2-3-5-8(7)11/h2-5,7H,1H3,(H,9,10). The van der Waals surface area contributed by atoms with Gasteiger partial charge < -0.3 is 5.32 Å². The molecular formula is C8H9NO2. The van der Waals surface area contributed by atoms with Crippen LogP contribution in [0.15, 0.2) is 24.3 Å². The third kappa shape index (κ3) is 2.04. The predicted octanol–water partition coefficient (Wildman–Crippen LogP) is 0.186. The zero-order chi connectivity index (χ0) is 8.27. The second-order valence-electron chi connectivity index (χ2n) is 2.32. The van der Waals surface area contributed by atoms with Crippen LogP contribution in [0, 0.1) is 0 Å². The first kappa shape index (κ1) is 7.72. The number of ketones is 1. The molecule has 0 aromatic heterocycles. The third-order valence-electron chi connectivity index (χ3n) is 1.34. The number of carbonyl (C=O) groups is 2. The molecule has 3 nitrogen and oxygen atoms in total. The average molecular weight is 151 g/mol. The maximum absolute atomic E-state index is 11.0. The Bertz CT molecular complexity index is 240. The van der Waals surface area contributed by atoms with E-state index in [1.807, 2.05) is 0 Å². The van der Waals surface area contributed by atoms with Gasteiger partial charge in [-0.15, -0.1) is 0 Å². The van der Waals surface area contributed by atoms with Gasteiger partial charge in [-0.3, -0.25) is 9.59 Å². The molecule has 0 aliphatic heterocycles. The lowest BCUT2D eigenvalue weighted by molar-refractivity contribution is -0.123. The van der Waals surface area contributed by atoms with E-state index in [2.05, 4.69) is 5.32 Å². The van der Waals surface area contributed by atoms with E-state index < -0.39 is 6.04 Å². The molecule has 58 valence electrons. The molecule has 1 atom stereocenters. The maximum atomic E-state index is 11.0. The molecule has 0 saturated carbocycles. The van der Waals surface area contributed by atoms with Crippen molar-refractivity contribution in [3.05, 3.63) is 24.3 Å². The van der Waals surface area contributed by atoms with Gasteiger partial charge in [-0.25, -0.2) is 0 Å². The fourth-order valence-corrected chi connectivity index (χ4v) is 0.862. The Balaban J connectivity index is 2.59. The monoisotopic (exact) mass is 151 g/mol. The first-order valence-electron chi connectivity index (χ1n) is 3.36. The second kappa shape index (κ2) is 3.14. The summed E-state index contributed by atoms with van der Waals surface area (Å²) in [6, 6.07) is -0.461. The van der Waals surface area contributed by atoms with E-state index >= 15 is 0 Å². The van der Waals surface area contributed by atoms with Crippen molar-refractivity contribution < 1.29 is 9.59 Å². The minimum absolute atomic E-state index is 0.0808. The number of hydrogen-bond donors (Lipinski definition) is 1. The van der Waals surface area contributed by atoms with Crippen molar-refractivity contribution >= 4 is 11.7 Å². The molecule has 0 saturated heterocycles. The van der Waals surface area contributed by atoms with E-state index in [0.717, 1.165) is 0 Å². The lowest BCUT2D eigenvalue weighted by Gasteiger charge is -2.11. The summed E-state index contributed by atoms with van der Waals surface area (Å²) in [6.45, 7) is 1.39. The van der Waals surface area contributed by atoms with Gasteiger partial charge in [0.1, 0.15) is 6.04 Å². The molecule has 1 amide bonds. The Labute approximate surface area is 64.8 Å². The molecule has 0 aromatic carbocycles. The van der Waals surface area contributed by atoms with Crippen LogP contribution in [0.2, 0.25) is 0 Å². The predicted molar refractivity (Wildman–Crippen MR) is 40.9 cm³/mol. The Morgan fingerprint density at radius 2 is 2.27 bits per heavy atom. The summed E-state index contributed by atoms with van der Waals surface area (Å²) in [6.07, 6.45) is 6.49. The van der Waals surface area contributed by atoms with Crippen LogP contribution in [0.3, 0.4) is 0 Å². The second-order valence-corrected chi connectivity index (χ2v) is 2.32. The quantitative estimate of drug-likeness (QED) is 0.581. The molecule has 0 radical (unpaired) electrons. The fraction of sp³-hybridized carbons (Fsp3) is 0.250. The van der Waals surface area contributed by atoms with Gasteiger partial charge in [0.25, 0.3) is 0 Å². The van der Waals surface area contributed by atoms with E-state index in [1.54, 1.807) is 18.2 Å². The summed E-state index contributed by atoms with van der Waals surface area (Å²) in [5.41, 5.74) is 0. The minimum Gasteiger partial charge on any atom is -0.343 e. The van der Waals surface area contributed by atoms with Crippen LogP contribution >= 0.6 is 0 Å². The van der Waals surface area contributed by atoms with Crippen LogP contribution in [0.1, 0.15) is 6.92 Å². The summed E-state index contributed by atoms with van der Waals surface area (Å²) >= 11 is 0. The Kier molecular flexibility index (Phi) is 2.21. The van der Waals surface area contributed by atoms with E-state index in [-0.39, 0.29) is 11.7 Å². The molecular weight excluding hydrogens is 142 g/mol. The van der Waals surface area contributed by atoms with Gasteiger partial charge in [-0.05, 0) is 6.08 Å². The zero-order valence-corrected chi connectivity index (χ0v) is 6.20. The highest BCUT2D eigenvalue weighted by Crippen LogP contribution is 1.98. The molecule has 0 aromatic rings. The maximum Gasteiger partial charge on any atom is 0.217 e. The zero-order valence-electron chi connectivity index (χ0n) is 6.20. The first-order valence-corrected chi connectivity index (χ1v) is 3.36. The first-order chi connectivity index (χ1) is 5.20. The van der Waals surface area contributed by atoms with Crippen LogP contribution in [0.5, 0.6) is 0 Å². The van der Waals surface area contributed by atoms with Crippen molar-refractivity contribution in [2.24, 2.45) is 0 Å². The Morgan fingerprint density at radius 3 is 2.82 bits per heavy atom. The molecule has 1 N–H and O–H groups in total. The highest BCUT2D eigenvalue weighted by atomic mass is 16.2. The number of allylic oxidation sites excluding steroid dienone is 2. The van der Waals surface area contributed by atoms with Crippen LogP contribution in [-0.2, 0) is 9.59 Å². The SMILES string of the molecule is CC(=O)NC1C=CC=CC1=O. The van der Waals surface area contributed by atoms with Crippen molar-refractivity contribution in [1.82, 2.24) is 5.32 Å².